The molecular formula is C9H15. The van der Waals surface area contributed by atoms with Gasteiger partial charge in [0.25, 0.3) is 0 Å². The van der Waals surface area contributed by atoms with E-state index in [2.05, 4.69) is 19.9 Å². The van der Waals surface area contributed by atoms with Gasteiger partial charge in [-0.15, -0.1) is 0 Å². The number of rotatable bonds is 4. The third kappa shape index (κ3) is 7.48. The first kappa shape index (κ1) is 8.48. The molecule has 0 aromatic heterocycles. The fourth-order valence-corrected chi connectivity index (χ4v) is 0.575. The normalized spacial score (nSPS) is 11.8. The fourth-order valence-electron chi connectivity index (χ4n) is 0.575. The molecule has 0 saturated carbocycles. The van der Waals surface area contributed by atoms with Crippen LogP contribution in [0.15, 0.2) is 24.3 Å². The van der Waals surface area contributed by atoms with Crippen molar-refractivity contribution in [3.05, 3.63) is 31.2 Å². The molecule has 0 aromatic rings. The van der Waals surface area contributed by atoms with Gasteiger partial charge in [-0.3, -0.25) is 0 Å². The van der Waals surface area contributed by atoms with Crippen molar-refractivity contribution in [2.45, 2.75) is 26.2 Å². The lowest BCUT2D eigenvalue weighted by Gasteiger charge is -1.84. The summed E-state index contributed by atoms with van der Waals surface area (Å²) in [6.45, 7) is 5.77. The van der Waals surface area contributed by atoms with Crippen LogP contribution < -0.4 is 0 Å². The van der Waals surface area contributed by atoms with E-state index in [1.165, 1.54) is 19.3 Å². The van der Waals surface area contributed by atoms with Crippen LogP contribution in [0.1, 0.15) is 26.2 Å². The minimum absolute atomic E-state index is 1.20. The molecule has 0 amide bonds. The van der Waals surface area contributed by atoms with Crippen molar-refractivity contribution in [3.8, 4) is 0 Å². The van der Waals surface area contributed by atoms with Crippen molar-refractivity contribution in [1.29, 1.82) is 0 Å². The van der Waals surface area contributed by atoms with Crippen molar-refractivity contribution >= 4 is 0 Å². The van der Waals surface area contributed by atoms with Gasteiger partial charge in [0.1, 0.15) is 0 Å². The highest BCUT2D eigenvalue weighted by Gasteiger charge is 1.74. The Morgan fingerprint density at radius 2 is 2.11 bits per heavy atom. The summed E-state index contributed by atoms with van der Waals surface area (Å²) in [5.74, 6) is 0. The Morgan fingerprint density at radius 1 is 1.33 bits per heavy atom. The second-order valence-electron chi connectivity index (χ2n) is 2.00. The van der Waals surface area contributed by atoms with Crippen LogP contribution in [0.2, 0.25) is 0 Å². The van der Waals surface area contributed by atoms with E-state index in [4.69, 9.17) is 0 Å². The molecule has 0 aliphatic carbocycles. The Hall–Kier alpha value is -0.520. The predicted molar refractivity (Wildman–Crippen MR) is 43.2 cm³/mol. The van der Waals surface area contributed by atoms with E-state index in [0.717, 1.165) is 0 Å². The highest BCUT2D eigenvalue weighted by Crippen LogP contribution is 1.94. The molecule has 0 aliphatic rings. The lowest BCUT2D eigenvalue weighted by Crippen LogP contribution is -1.64. The van der Waals surface area contributed by atoms with E-state index in [-0.39, 0.29) is 0 Å². The molecule has 0 aromatic carbocycles. The molecule has 0 heterocycles. The first-order valence-corrected chi connectivity index (χ1v) is 3.52. The number of allylic oxidation sites excluding steroid dienone is 4. The summed E-state index contributed by atoms with van der Waals surface area (Å²) in [7, 11) is 0. The Kier molecular flexibility index (Phi) is 7.05. The van der Waals surface area contributed by atoms with Gasteiger partial charge in [-0.25, -0.2) is 0 Å². The van der Waals surface area contributed by atoms with E-state index in [1.54, 1.807) is 6.08 Å². The van der Waals surface area contributed by atoms with Crippen molar-refractivity contribution in [3.63, 3.8) is 0 Å². The Bertz CT molecular complexity index is 88.2. The standard InChI is InChI=1S/C9H15/c1-3-5-7-9-8-6-4-2/h3,5,7,9H,1,4,6,8H2,2H3. The highest BCUT2D eigenvalue weighted by molar-refractivity contribution is 5.03. The molecule has 0 spiro atoms. The van der Waals surface area contributed by atoms with Crippen LogP contribution in [0.5, 0.6) is 0 Å². The zero-order valence-corrected chi connectivity index (χ0v) is 6.14. The first-order valence-electron chi connectivity index (χ1n) is 3.52. The summed E-state index contributed by atoms with van der Waals surface area (Å²) in [5, 5.41) is 0. The molecule has 0 bridgehead atoms. The third-order valence-corrected chi connectivity index (χ3v) is 1.11. The van der Waals surface area contributed by atoms with E-state index >= 15 is 0 Å². The van der Waals surface area contributed by atoms with E-state index in [0.29, 0.717) is 0 Å². The summed E-state index contributed by atoms with van der Waals surface area (Å²) < 4.78 is 0. The summed E-state index contributed by atoms with van der Waals surface area (Å²) in [6.07, 6.45) is 11.7. The maximum Gasteiger partial charge on any atom is -0.0313 e. The molecule has 0 atom stereocenters. The van der Waals surface area contributed by atoms with Crippen molar-refractivity contribution in [2.24, 2.45) is 0 Å². The SMILES string of the molecule is [CH2]C=CC=CCCCC. The molecule has 0 aliphatic heterocycles. The third-order valence-electron chi connectivity index (χ3n) is 1.11. The van der Waals surface area contributed by atoms with Crippen LogP contribution in [0, 0.1) is 6.92 Å². The minimum atomic E-state index is 1.20. The molecule has 0 N–H and O–H groups in total. The molecule has 0 unspecified atom stereocenters. The highest BCUT2D eigenvalue weighted by atomic mass is 13.8. The summed E-state index contributed by atoms with van der Waals surface area (Å²) >= 11 is 0. The van der Waals surface area contributed by atoms with Gasteiger partial charge in [-0.1, -0.05) is 44.1 Å². The lowest BCUT2D eigenvalue weighted by molar-refractivity contribution is 0.815. The zero-order chi connectivity index (χ0) is 6.95. The fraction of sp³-hybridized carbons (Fsp3) is 0.444. The topological polar surface area (TPSA) is 0 Å². The van der Waals surface area contributed by atoms with E-state index in [1.807, 2.05) is 12.2 Å². The van der Waals surface area contributed by atoms with Crippen LogP contribution in [0.3, 0.4) is 0 Å². The molecule has 51 valence electrons. The first-order chi connectivity index (χ1) is 4.41. The minimum Gasteiger partial charge on any atom is -0.0845 e. The van der Waals surface area contributed by atoms with Crippen molar-refractivity contribution < 1.29 is 0 Å². The summed E-state index contributed by atoms with van der Waals surface area (Å²) in [6, 6.07) is 0. The molecule has 0 fully saturated rings. The Balaban J connectivity index is 3.04. The summed E-state index contributed by atoms with van der Waals surface area (Å²) in [4.78, 5) is 0. The lowest BCUT2D eigenvalue weighted by atomic mass is 10.2. The maximum atomic E-state index is 3.57. The predicted octanol–water partition coefficient (Wildman–Crippen LogP) is 3.12. The number of hydrogen-bond donors (Lipinski definition) is 0. The molecule has 0 heteroatoms. The van der Waals surface area contributed by atoms with Crippen LogP contribution in [-0.2, 0) is 0 Å². The molecule has 9 heavy (non-hydrogen) atoms. The van der Waals surface area contributed by atoms with Gasteiger partial charge >= 0.3 is 0 Å². The van der Waals surface area contributed by atoms with Crippen LogP contribution in [0.25, 0.3) is 0 Å². The monoisotopic (exact) mass is 123 g/mol. The number of unbranched alkanes of at least 4 members (excludes halogenated alkanes) is 2. The van der Waals surface area contributed by atoms with Crippen LogP contribution in [0.4, 0.5) is 0 Å². The van der Waals surface area contributed by atoms with Crippen LogP contribution >= 0.6 is 0 Å². The van der Waals surface area contributed by atoms with Gasteiger partial charge in [-0.2, -0.15) is 0 Å². The van der Waals surface area contributed by atoms with Crippen molar-refractivity contribution in [1.82, 2.24) is 0 Å². The zero-order valence-electron chi connectivity index (χ0n) is 6.14. The second kappa shape index (κ2) is 7.48. The van der Waals surface area contributed by atoms with Gasteiger partial charge in [-0.05, 0) is 13.3 Å². The molecular weight excluding hydrogens is 108 g/mol. The second-order valence-corrected chi connectivity index (χ2v) is 2.00. The van der Waals surface area contributed by atoms with Crippen molar-refractivity contribution in [2.75, 3.05) is 0 Å². The Labute approximate surface area is 58.3 Å². The van der Waals surface area contributed by atoms with Gasteiger partial charge in [0.15, 0.2) is 0 Å². The van der Waals surface area contributed by atoms with Gasteiger partial charge in [0.2, 0.25) is 0 Å². The smallest absolute Gasteiger partial charge is 0.0313 e. The maximum absolute atomic E-state index is 3.57. The molecule has 0 nitrogen and oxygen atoms in total. The molecule has 1 radical (unpaired) electrons. The largest absolute Gasteiger partial charge is 0.0845 e. The summed E-state index contributed by atoms with van der Waals surface area (Å²) in [5.41, 5.74) is 0. The van der Waals surface area contributed by atoms with Crippen LogP contribution in [-0.4, -0.2) is 0 Å². The van der Waals surface area contributed by atoms with Gasteiger partial charge < -0.3 is 0 Å². The van der Waals surface area contributed by atoms with E-state index < -0.39 is 0 Å². The van der Waals surface area contributed by atoms with Gasteiger partial charge in [0, 0.05) is 0 Å². The number of hydrogen-bond acceptors (Lipinski definition) is 0. The molecule has 0 rings (SSSR count). The average molecular weight is 123 g/mol. The van der Waals surface area contributed by atoms with Gasteiger partial charge in [0.05, 0.1) is 0 Å². The Morgan fingerprint density at radius 3 is 2.67 bits per heavy atom. The average Bonchev–Trinajstić information content (AvgIpc) is 1.89. The quantitative estimate of drug-likeness (QED) is 0.398. The molecule has 0 saturated heterocycles. The van der Waals surface area contributed by atoms with E-state index in [9.17, 15) is 0 Å².